The molecule has 3 amide bonds. The minimum Gasteiger partial charge on any atom is -0.379 e. The zero-order valence-corrected chi connectivity index (χ0v) is 19.9. The number of ether oxygens (including phenoxy) is 3. The van der Waals surface area contributed by atoms with Crippen molar-refractivity contribution in [1.82, 2.24) is 16.0 Å². The Morgan fingerprint density at radius 3 is 2.39 bits per heavy atom. The Balaban J connectivity index is 0.00000480. The molecule has 2 aliphatic rings. The van der Waals surface area contributed by atoms with Gasteiger partial charge in [0.2, 0.25) is 5.91 Å². The zero-order chi connectivity index (χ0) is 21.4. The summed E-state index contributed by atoms with van der Waals surface area (Å²) < 4.78 is 16.2. The lowest BCUT2D eigenvalue weighted by Gasteiger charge is -2.16. The smallest absolute Gasteiger partial charge is 0.315 e. The van der Waals surface area contributed by atoms with Gasteiger partial charge in [0.15, 0.2) is 0 Å². The highest BCUT2D eigenvalue weighted by molar-refractivity contribution is 8.00. The van der Waals surface area contributed by atoms with Crippen molar-refractivity contribution < 1.29 is 23.8 Å². The molecule has 0 bridgehead atoms. The number of rotatable bonds is 18. The second-order valence-electron chi connectivity index (χ2n) is 7.55. The standard InChI is InChI=1S/C20H38N4O5S.ClH/c21-7-3-9-27-11-13-29-14-12-28-10-4-8-22-18(25)6-2-1-5-17-19-16(15-30-17)23-20(26)24-19;/h16-17,19H,1-15,21H2,(H,22,25)(H2,23,24,26);1H/t16-,17-,19-;/m0./s1. The number of urea groups is 1. The molecule has 2 rings (SSSR count). The molecule has 31 heavy (non-hydrogen) atoms. The first-order chi connectivity index (χ1) is 14.7. The summed E-state index contributed by atoms with van der Waals surface area (Å²) >= 11 is 1.92. The second-order valence-corrected chi connectivity index (χ2v) is 8.82. The number of carbonyl (C=O) groups excluding carboxylic acids is 2. The van der Waals surface area contributed by atoms with E-state index >= 15 is 0 Å². The quantitative estimate of drug-likeness (QED) is 0.170. The first kappa shape index (κ1) is 28.3. The number of amides is 3. The molecule has 2 aliphatic heterocycles. The molecule has 9 nitrogen and oxygen atoms in total. The Morgan fingerprint density at radius 2 is 1.68 bits per heavy atom. The van der Waals surface area contributed by atoms with Crippen molar-refractivity contribution in [2.45, 2.75) is 55.9 Å². The summed E-state index contributed by atoms with van der Waals surface area (Å²) in [5.74, 6) is 1.08. The molecule has 11 heteroatoms. The fraction of sp³-hybridized carbons (Fsp3) is 0.900. The maximum Gasteiger partial charge on any atom is 0.315 e. The third-order valence-corrected chi connectivity index (χ3v) is 6.61. The normalized spacial score (nSPS) is 21.8. The molecule has 0 unspecified atom stereocenters. The van der Waals surface area contributed by atoms with E-state index in [2.05, 4.69) is 16.0 Å². The maximum absolute atomic E-state index is 11.9. The fourth-order valence-corrected chi connectivity index (χ4v) is 5.04. The predicted molar refractivity (Wildman–Crippen MR) is 125 cm³/mol. The molecule has 0 aromatic carbocycles. The Morgan fingerprint density at radius 1 is 1.00 bits per heavy atom. The van der Waals surface area contributed by atoms with E-state index in [1.165, 1.54) is 0 Å². The third-order valence-electron chi connectivity index (χ3n) is 5.11. The van der Waals surface area contributed by atoms with E-state index in [1.807, 2.05) is 11.8 Å². The number of hydrogen-bond donors (Lipinski definition) is 4. The molecule has 0 aromatic rings. The second kappa shape index (κ2) is 17.7. The molecule has 0 aliphatic carbocycles. The lowest BCUT2D eigenvalue weighted by Crippen LogP contribution is -2.36. The molecule has 0 spiro atoms. The number of thioether (sulfide) groups is 1. The minimum atomic E-state index is -0.0464. The zero-order valence-electron chi connectivity index (χ0n) is 18.3. The Hall–Kier alpha value is -0.780. The van der Waals surface area contributed by atoms with Crippen molar-refractivity contribution in [3.63, 3.8) is 0 Å². The minimum absolute atomic E-state index is 0. The highest BCUT2D eigenvalue weighted by Crippen LogP contribution is 2.33. The maximum atomic E-state index is 11.9. The molecule has 3 atom stereocenters. The Labute approximate surface area is 196 Å². The van der Waals surface area contributed by atoms with Gasteiger partial charge in [0.1, 0.15) is 0 Å². The van der Waals surface area contributed by atoms with E-state index < -0.39 is 0 Å². The molecule has 5 N–H and O–H groups in total. The molecule has 2 heterocycles. The molecular weight excluding hydrogens is 444 g/mol. The molecule has 0 saturated carbocycles. The summed E-state index contributed by atoms with van der Waals surface area (Å²) in [5, 5.41) is 9.36. The van der Waals surface area contributed by atoms with Crippen LogP contribution in [-0.4, -0.2) is 87.8 Å². The first-order valence-corrected chi connectivity index (χ1v) is 12.1. The van der Waals surface area contributed by atoms with Gasteiger partial charge in [-0.25, -0.2) is 4.79 Å². The van der Waals surface area contributed by atoms with Crippen LogP contribution in [0, 0.1) is 0 Å². The van der Waals surface area contributed by atoms with Crippen LogP contribution in [0.2, 0.25) is 0 Å². The molecule has 2 saturated heterocycles. The molecule has 2 fully saturated rings. The molecule has 0 radical (unpaired) electrons. The van der Waals surface area contributed by atoms with Crippen molar-refractivity contribution in [3.8, 4) is 0 Å². The highest BCUT2D eigenvalue weighted by atomic mass is 35.5. The fourth-order valence-electron chi connectivity index (χ4n) is 3.49. The van der Waals surface area contributed by atoms with Crippen LogP contribution in [0.25, 0.3) is 0 Å². The van der Waals surface area contributed by atoms with E-state index in [1.54, 1.807) is 0 Å². The van der Waals surface area contributed by atoms with Gasteiger partial charge in [-0.1, -0.05) is 6.42 Å². The number of hydrogen-bond acceptors (Lipinski definition) is 7. The number of fused-ring (bicyclic) bond motifs is 1. The molecule has 0 aromatic heterocycles. The highest BCUT2D eigenvalue weighted by Gasteiger charge is 2.42. The predicted octanol–water partition coefficient (Wildman–Crippen LogP) is 1.04. The van der Waals surface area contributed by atoms with Crippen LogP contribution in [0.1, 0.15) is 38.5 Å². The number of carbonyl (C=O) groups is 2. The third kappa shape index (κ3) is 12.1. The first-order valence-electron chi connectivity index (χ1n) is 11.1. The summed E-state index contributed by atoms with van der Waals surface area (Å²) in [6.07, 6.45) is 5.15. The molecular formula is C20H39ClN4O5S. The van der Waals surface area contributed by atoms with Crippen LogP contribution in [0.15, 0.2) is 0 Å². The van der Waals surface area contributed by atoms with Gasteiger partial charge in [-0.05, 0) is 32.2 Å². The average Bonchev–Trinajstić information content (AvgIpc) is 3.28. The SMILES string of the molecule is Cl.NCCCOCCOCCOCCCNC(=O)CCCC[C@@H]1SC[C@@H]2NC(=O)N[C@@H]21. The summed E-state index contributed by atoms with van der Waals surface area (Å²) in [5.41, 5.74) is 5.38. The summed E-state index contributed by atoms with van der Waals surface area (Å²) in [6, 6.07) is 0.469. The van der Waals surface area contributed by atoms with Gasteiger partial charge in [0.25, 0.3) is 0 Å². The molecule has 182 valence electrons. The van der Waals surface area contributed by atoms with Gasteiger partial charge in [0, 0.05) is 37.2 Å². The van der Waals surface area contributed by atoms with Crippen molar-refractivity contribution >= 4 is 36.1 Å². The van der Waals surface area contributed by atoms with E-state index in [0.29, 0.717) is 64.4 Å². The Kier molecular flexibility index (Phi) is 16.2. The van der Waals surface area contributed by atoms with Crippen molar-refractivity contribution in [3.05, 3.63) is 0 Å². The van der Waals surface area contributed by atoms with Gasteiger partial charge in [-0.2, -0.15) is 11.8 Å². The van der Waals surface area contributed by atoms with Gasteiger partial charge >= 0.3 is 6.03 Å². The summed E-state index contributed by atoms with van der Waals surface area (Å²) in [6.45, 7) is 4.82. The van der Waals surface area contributed by atoms with Gasteiger partial charge in [0.05, 0.1) is 38.5 Å². The van der Waals surface area contributed by atoms with Crippen LogP contribution in [0.4, 0.5) is 4.79 Å². The van der Waals surface area contributed by atoms with Crippen LogP contribution >= 0.6 is 24.2 Å². The topological polar surface area (TPSA) is 124 Å². The van der Waals surface area contributed by atoms with E-state index in [4.69, 9.17) is 19.9 Å². The van der Waals surface area contributed by atoms with Gasteiger partial charge in [-0.15, -0.1) is 12.4 Å². The lowest BCUT2D eigenvalue weighted by molar-refractivity contribution is -0.121. The van der Waals surface area contributed by atoms with Gasteiger partial charge < -0.3 is 35.9 Å². The van der Waals surface area contributed by atoms with Crippen molar-refractivity contribution in [2.24, 2.45) is 5.73 Å². The van der Waals surface area contributed by atoms with Crippen molar-refractivity contribution in [1.29, 1.82) is 0 Å². The van der Waals surface area contributed by atoms with Crippen LogP contribution in [0.3, 0.4) is 0 Å². The largest absolute Gasteiger partial charge is 0.379 e. The Bertz CT molecular complexity index is 506. The summed E-state index contributed by atoms with van der Waals surface area (Å²) in [7, 11) is 0. The van der Waals surface area contributed by atoms with E-state index in [0.717, 1.165) is 37.9 Å². The monoisotopic (exact) mass is 482 g/mol. The van der Waals surface area contributed by atoms with Crippen LogP contribution in [-0.2, 0) is 19.0 Å². The number of halogens is 1. The summed E-state index contributed by atoms with van der Waals surface area (Å²) in [4.78, 5) is 23.3. The van der Waals surface area contributed by atoms with Crippen LogP contribution in [0.5, 0.6) is 0 Å². The van der Waals surface area contributed by atoms with E-state index in [-0.39, 0.29) is 36.4 Å². The van der Waals surface area contributed by atoms with Crippen molar-refractivity contribution in [2.75, 3.05) is 58.5 Å². The van der Waals surface area contributed by atoms with Gasteiger partial charge in [-0.3, -0.25) is 4.79 Å². The lowest BCUT2D eigenvalue weighted by atomic mass is 10.0. The van der Waals surface area contributed by atoms with E-state index in [9.17, 15) is 9.59 Å². The number of nitrogens with one attached hydrogen (secondary N) is 3. The van der Waals surface area contributed by atoms with Crippen LogP contribution < -0.4 is 21.7 Å². The number of unbranched alkanes of at least 4 members (excludes halogenated alkanes) is 1. The average molecular weight is 483 g/mol. The number of nitrogens with two attached hydrogens (primary N) is 1.